The lowest BCUT2D eigenvalue weighted by atomic mass is 9.69. The summed E-state index contributed by atoms with van der Waals surface area (Å²) in [6.45, 7) is 14.4. The van der Waals surface area contributed by atoms with Gasteiger partial charge in [-0.15, -0.1) is 0 Å². The molecule has 2 fully saturated rings. The van der Waals surface area contributed by atoms with Crippen molar-refractivity contribution in [2.24, 2.45) is 22.5 Å². The predicted molar refractivity (Wildman–Crippen MR) is 78.5 cm³/mol. The average Bonchev–Trinajstić information content (AvgIpc) is 2.21. The van der Waals surface area contributed by atoms with Gasteiger partial charge in [0.15, 0.2) is 0 Å². The van der Waals surface area contributed by atoms with Crippen molar-refractivity contribution in [2.45, 2.75) is 72.4 Å². The number of nitrogens with zero attached hydrogens (tertiary/aromatic N) is 1. The fourth-order valence-electron chi connectivity index (χ4n) is 4.17. The lowest BCUT2D eigenvalue weighted by Crippen LogP contribution is -2.57. The summed E-state index contributed by atoms with van der Waals surface area (Å²) in [5.74, 6) is 0.832. The van der Waals surface area contributed by atoms with E-state index in [0.717, 1.165) is 12.0 Å². The number of likely N-dealkylation sites (tertiary alicyclic amines) is 1. The second-order valence-corrected chi connectivity index (χ2v) is 8.31. The van der Waals surface area contributed by atoms with E-state index in [1.807, 2.05) is 0 Å². The molecule has 3 atom stereocenters. The Hall–Kier alpha value is -0.0800. The highest BCUT2D eigenvalue weighted by molar-refractivity contribution is 4.95. The van der Waals surface area contributed by atoms with Gasteiger partial charge in [0.25, 0.3) is 0 Å². The van der Waals surface area contributed by atoms with Crippen molar-refractivity contribution in [1.29, 1.82) is 0 Å². The van der Waals surface area contributed by atoms with Gasteiger partial charge in [0.05, 0.1) is 0 Å². The zero-order valence-corrected chi connectivity index (χ0v) is 13.0. The van der Waals surface area contributed by atoms with Gasteiger partial charge in [-0.1, -0.05) is 34.6 Å². The molecule has 0 radical (unpaired) electrons. The van der Waals surface area contributed by atoms with E-state index in [1.165, 1.54) is 38.8 Å². The molecular formula is C16H32N2. The molecule has 0 aromatic rings. The van der Waals surface area contributed by atoms with E-state index in [-0.39, 0.29) is 5.41 Å². The molecule has 18 heavy (non-hydrogen) atoms. The van der Waals surface area contributed by atoms with Crippen molar-refractivity contribution in [2.75, 3.05) is 13.1 Å². The minimum Gasteiger partial charge on any atom is -0.327 e. The van der Waals surface area contributed by atoms with Gasteiger partial charge in [-0.2, -0.15) is 0 Å². The molecule has 1 aliphatic carbocycles. The molecule has 2 N–H and O–H groups in total. The number of piperidine rings is 1. The number of hydrogen-bond donors (Lipinski definition) is 1. The van der Waals surface area contributed by atoms with Crippen molar-refractivity contribution in [3.63, 3.8) is 0 Å². The van der Waals surface area contributed by atoms with E-state index in [0.29, 0.717) is 11.5 Å². The van der Waals surface area contributed by atoms with E-state index in [4.69, 9.17) is 5.73 Å². The lowest BCUT2D eigenvalue weighted by molar-refractivity contribution is 0.00383. The zero-order valence-electron chi connectivity index (χ0n) is 13.0. The minimum absolute atomic E-state index is 0.283. The quantitative estimate of drug-likeness (QED) is 0.776. The van der Waals surface area contributed by atoms with Gasteiger partial charge in [0, 0.05) is 18.6 Å². The number of hydrogen-bond acceptors (Lipinski definition) is 2. The predicted octanol–water partition coefficient (Wildman–Crippen LogP) is 3.26. The Balaban J connectivity index is 2.01. The average molecular weight is 252 g/mol. The second-order valence-electron chi connectivity index (χ2n) is 8.31. The number of nitrogens with two attached hydrogens (primary N) is 1. The van der Waals surface area contributed by atoms with Crippen LogP contribution in [0.4, 0.5) is 0 Å². The van der Waals surface area contributed by atoms with E-state index >= 15 is 0 Å². The van der Waals surface area contributed by atoms with Gasteiger partial charge < -0.3 is 5.73 Å². The van der Waals surface area contributed by atoms with Gasteiger partial charge in [-0.05, 0) is 49.0 Å². The second kappa shape index (κ2) is 4.79. The van der Waals surface area contributed by atoms with Crippen LogP contribution in [0.2, 0.25) is 0 Å². The topological polar surface area (TPSA) is 29.3 Å². The van der Waals surface area contributed by atoms with Crippen LogP contribution in [0, 0.1) is 16.7 Å². The summed E-state index contributed by atoms with van der Waals surface area (Å²) in [4.78, 5) is 2.74. The Morgan fingerprint density at radius 2 is 1.78 bits per heavy atom. The third-order valence-corrected chi connectivity index (χ3v) is 5.46. The van der Waals surface area contributed by atoms with Gasteiger partial charge in [0.1, 0.15) is 0 Å². The first-order valence-corrected chi connectivity index (χ1v) is 7.71. The highest BCUT2D eigenvalue weighted by atomic mass is 15.2. The minimum atomic E-state index is 0.283. The molecule has 1 saturated carbocycles. The van der Waals surface area contributed by atoms with E-state index in [2.05, 4.69) is 39.5 Å². The maximum absolute atomic E-state index is 6.26. The normalized spacial score (nSPS) is 40.7. The van der Waals surface area contributed by atoms with Gasteiger partial charge >= 0.3 is 0 Å². The Kier molecular flexibility index (Phi) is 3.81. The fraction of sp³-hybridized carbons (Fsp3) is 1.00. The van der Waals surface area contributed by atoms with Gasteiger partial charge in [0.2, 0.25) is 0 Å². The van der Waals surface area contributed by atoms with Crippen molar-refractivity contribution in [3.8, 4) is 0 Å². The van der Waals surface area contributed by atoms with Crippen LogP contribution in [-0.4, -0.2) is 30.1 Å². The largest absolute Gasteiger partial charge is 0.327 e. The molecule has 0 aromatic heterocycles. The Labute approximate surface area is 113 Å². The summed E-state index contributed by atoms with van der Waals surface area (Å²) in [5, 5.41) is 0. The molecule has 2 heteroatoms. The molecule has 1 aliphatic heterocycles. The van der Waals surface area contributed by atoms with Crippen LogP contribution in [0.25, 0.3) is 0 Å². The van der Waals surface area contributed by atoms with Crippen LogP contribution in [-0.2, 0) is 0 Å². The highest BCUT2D eigenvalue weighted by Crippen LogP contribution is 2.42. The van der Waals surface area contributed by atoms with E-state index in [9.17, 15) is 0 Å². The van der Waals surface area contributed by atoms with Crippen LogP contribution in [0.1, 0.15) is 60.3 Å². The van der Waals surface area contributed by atoms with Crippen molar-refractivity contribution in [3.05, 3.63) is 0 Å². The summed E-state index contributed by atoms with van der Waals surface area (Å²) in [6, 6.07) is 1.17. The molecule has 3 unspecified atom stereocenters. The Morgan fingerprint density at radius 3 is 2.33 bits per heavy atom. The van der Waals surface area contributed by atoms with Crippen LogP contribution in [0.5, 0.6) is 0 Å². The molecule has 106 valence electrons. The molecule has 0 aromatic carbocycles. The van der Waals surface area contributed by atoms with Crippen molar-refractivity contribution >= 4 is 0 Å². The first kappa shape index (κ1) is 14.3. The highest BCUT2D eigenvalue weighted by Gasteiger charge is 2.40. The molecule has 2 aliphatic rings. The Morgan fingerprint density at radius 1 is 1.11 bits per heavy atom. The van der Waals surface area contributed by atoms with Gasteiger partial charge in [-0.25, -0.2) is 0 Å². The first-order chi connectivity index (χ1) is 8.21. The maximum Gasteiger partial charge on any atom is 0.0121 e. The summed E-state index contributed by atoms with van der Waals surface area (Å²) in [6.07, 6.45) is 5.30. The summed E-state index contributed by atoms with van der Waals surface area (Å²) >= 11 is 0. The lowest BCUT2D eigenvalue weighted by Gasteiger charge is -2.50. The smallest absolute Gasteiger partial charge is 0.0121 e. The molecule has 1 heterocycles. The molecule has 2 rings (SSSR count). The summed E-state index contributed by atoms with van der Waals surface area (Å²) < 4.78 is 0. The molecule has 1 saturated heterocycles. The van der Waals surface area contributed by atoms with Crippen molar-refractivity contribution < 1.29 is 0 Å². The monoisotopic (exact) mass is 252 g/mol. The standard InChI is InChI=1S/C16H32N2/c1-12-10-15(2,3)8-6-13(12)18-9-7-14(17)16(4,5)11-18/h12-14H,6-11,17H2,1-5H3. The molecule has 2 nitrogen and oxygen atoms in total. The zero-order chi connectivity index (χ0) is 13.6. The summed E-state index contributed by atoms with van der Waals surface area (Å²) in [7, 11) is 0. The SMILES string of the molecule is CC1CC(C)(C)CCC1N1CCC(N)C(C)(C)C1. The van der Waals surface area contributed by atoms with Crippen LogP contribution >= 0.6 is 0 Å². The molecular weight excluding hydrogens is 220 g/mol. The van der Waals surface area contributed by atoms with Crippen LogP contribution < -0.4 is 5.73 Å². The van der Waals surface area contributed by atoms with E-state index < -0.39 is 0 Å². The maximum atomic E-state index is 6.26. The molecule has 0 amide bonds. The van der Waals surface area contributed by atoms with Crippen LogP contribution in [0.15, 0.2) is 0 Å². The fourth-order valence-corrected chi connectivity index (χ4v) is 4.17. The van der Waals surface area contributed by atoms with Gasteiger partial charge in [-0.3, -0.25) is 4.90 Å². The third-order valence-electron chi connectivity index (χ3n) is 5.46. The first-order valence-electron chi connectivity index (χ1n) is 7.71. The molecule has 0 spiro atoms. The van der Waals surface area contributed by atoms with E-state index in [1.54, 1.807) is 0 Å². The Bertz CT molecular complexity index is 295. The van der Waals surface area contributed by atoms with Crippen molar-refractivity contribution in [1.82, 2.24) is 4.90 Å². The summed E-state index contributed by atoms with van der Waals surface area (Å²) in [5.41, 5.74) is 7.09. The third kappa shape index (κ3) is 2.91. The molecule has 0 bridgehead atoms. The van der Waals surface area contributed by atoms with Crippen LogP contribution in [0.3, 0.4) is 0 Å². The number of rotatable bonds is 1.